The molecular formula is C7H14O3. The van der Waals surface area contributed by atoms with Crippen molar-refractivity contribution in [1.82, 2.24) is 0 Å². The Kier molecular flexibility index (Phi) is 5.16. The average Bonchev–Trinajstić information content (AvgIpc) is 1.98. The molecule has 0 aromatic heterocycles. The van der Waals surface area contributed by atoms with Crippen LogP contribution in [-0.4, -0.2) is 28.7 Å². The lowest BCUT2D eigenvalue weighted by atomic mass is 10.1. The second kappa shape index (κ2) is 5.38. The number of unbranched alkanes of at least 4 members (excludes halogenated alkanes) is 1. The van der Waals surface area contributed by atoms with Gasteiger partial charge in [-0.3, -0.25) is 4.79 Å². The van der Waals surface area contributed by atoms with Crippen LogP contribution in [0, 0.1) is 0 Å². The fourth-order valence-electron chi connectivity index (χ4n) is 0.664. The molecule has 0 radical (unpaired) electrons. The summed E-state index contributed by atoms with van der Waals surface area (Å²) in [7, 11) is 0. The smallest absolute Gasteiger partial charge is 0.186 e. The molecule has 0 amide bonds. The van der Waals surface area contributed by atoms with Gasteiger partial charge in [-0.25, -0.2) is 0 Å². The summed E-state index contributed by atoms with van der Waals surface area (Å²) < 4.78 is 0. The van der Waals surface area contributed by atoms with Crippen LogP contribution in [0.3, 0.4) is 0 Å². The molecule has 10 heavy (non-hydrogen) atoms. The molecule has 0 aromatic carbocycles. The molecule has 0 aliphatic carbocycles. The zero-order chi connectivity index (χ0) is 7.98. The van der Waals surface area contributed by atoms with Gasteiger partial charge in [0.1, 0.15) is 12.7 Å². The summed E-state index contributed by atoms with van der Waals surface area (Å²) in [4.78, 5) is 10.5. The number of Topliss-reactive ketones (excluding diaryl/α,β-unsaturated/α-hetero) is 1. The highest BCUT2D eigenvalue weighted by Gasteiger charge is 2.11. The predicted molar refractivity (Wildman–Crippen MR) is 37.6 cm³/mol. The summed E-state index contributed by atoms with van der Waals surface area (Å²) in [6.45, 7) is 1.43. The number of aliphatic hydroxyl groups excluding tert-OH is 2. The standard InChI is InChI=1S/C7H14O3/c1-2-3-4-6(9)7(10)5-8/h6,8-9H,2-5H2,1H3. The first kappa shape index (κ1) is 9.59. The normalized spacial score (nSPS) is 13.1. The molecule has 0 bridgehead atoms. The molecule has 3 nitrogen and oxygen atoms in total. The lowest BCUT2D eigenvalue weighted by Crippen LogP contribution is -2.23. The highest BCUT2D eigenvalue weighted by atomic mass is 16.3. The number of hydrogen-bond donors (Lipinski definition) is 2. The van der Waals surface area contributed by atoms with E-state index < -0.39 is 18.5 Å². The average molecular weight is 146 g/mol. The van der Waals surface area contributed by atoms with Gasteiger partial charge in [0.25, 0.3) is 0 Å². The van der Waals surface area contributed by atoms with Crippen molar-refractivity contribution in [1.29, 1.82) is 0 Å². The van der Waals surface area contributed by atoms with Gasteiger partial charge in [-0.2, -0.15) is 0 Å². The first-order valence-electron chi connectivity index (χ1n) is 3.54. The van der Waals surface area contributed by atoms with Crippen LogP contribution in [0.1, 0.15) is 26.2 Å². The van der Waals surface area contributed by atoms with Gasteiger partial charge in [0.15, 0.2) is 5.78 Å². The third-order valence-corrected chi connectivity index (χ3v) is 1.36. The highest BCUT2D eigenvalue weighted by molar-refractivity contribution is 5.83. The molecule has 1 unspecified atom stereocenters. The number of rotatable bonds is 5. The topological polar surface area (TPSA) is 57.5 Å². The van der Waals surface area contributed by atoms with Crippen molar-refractivity contribution in [2.75, 3.05) is 6.61 Å². The number of aliphatic hydroxyl groups is 2. The summed E-state index contributed by atoms with van der Waals surface area (Å²) in [5, 5.41) is 17.2. The Morgan fingerprint density at radius 3 is 2.60 bits per heavy atom. The van der Waals surface area contributed by atoms with Crippen molar-refractivity contribution in [2.24, 2.45) is 0 Å². The van der Waals surface area contributed by atoms with Crippen LogP contribution >= 0.6 is 0 Å². The van der Waals surface area contributed by atoms with Crippen molar-refractivity contribution >= 4 is 5.78 Å². The maximum Gasteiger partial charge on any atom is 0.186 e. The second-order valence-electron chi connectivity index (χ2n) is 2.28. The van der Waals surface area contributed by atoms with Crippen LogP contribution in [-0.2, 0) is 4.79 Å². The van der Waals surface area contributed by atoms with Crippen molar-refractivity contribution in [3.63, 3.8) is 0 Å². The third kappa shape index (κ3) is 3.58. The molecule has 0 fully saturated rings. The molecule has 0 spiro atoms. The van der Waals surface area contributed by atoms with E-state index in [1.807, 2.05) is 6.92 Å². The van der Waals surface area contributed by atoms with Crippen molar-refractivity contribution in [3.05, 3.63) is 0 Å². The van der Waals surface area contributed by atoms with E-state index in [4.69, 9.17) is 10.2 Å². The van der Waals surface area contributed by atoms with Gasteiger partial charge in [-0.1, -0.05) is 19.8 Å². The number of ketones is 1. The molecule has 0 aliphatic rings. The van der Waals surface area contributed by atoms with Gasteiger partial charge in [0.2, 0.25) is 0 Å². The van der Waals surface area contributed by atoms with E-state index in [2.05, 4.69) is 0 Å². The van der Waals surface area contributed by atoms with E-state index in [0.717, 1.165) is 12.8 Å². The first-order valence-corrected chi connectivity index (χ1v) is 3.54. The number of carbonyl (C=O) groups is 1. The Balaban J connectivity index is 3.41. The summed E-state index contributed by atoms with van der Waals surface area (Å²) in [5.74, 6) is -0.478. The SMILES string of the molecule is CCCCC(O)C(=O)CO. The Morgan fingerprint density at radius 1 is 1.60 bits per heavy atom. The Morgan fingerprint density at radius 2 is 2.20 bits per heavy atom. The summed E-state index contributed by atoms with van der Waals surface area (Å²) in [6.07, 6.45) is 1.29. The molecule has 0 rings (SSSR count). The molecule has 0 saturated heterocycles. The van der Waals surface area contributed by atoms with E-state index in [0.29, 0.717) is 6.42 Å². The quantitative estimate of drug-likeness (QED) is 0.578. The van der Waals surface area contributed by atoms with Crippen molar-refractivity contribution < 1.29 is 15.0 Å². The van der Waals surface area contributed by atoms with Gasteiger partial charge in [-0.15, -0.1) is 0 Å². The Hall–Kier alpha value is -0.410. The third-order valence-electron chi connectivity index (χ3n) is 1.36. The maximum absolute atomic E-state index is 10.5. The molecule has 0 aliphatic heterocycles. The van der Waals surface area contributed by atoms with Crippen LogP contribution < -0.4 is 0 Å². The summed E-state index contributed by atoms with van der Waals surface area (Å²) in [5.41, 5.74) is 0. The molecule has 0 saturated carbocycles. The second-order valence-corrected chi connectivity index (χ2v) is 2.28. The molecule has 3 heteroatoms. The van der Waals surface area contributed by atoms with Crippen LogP contribution in [0.4, 0.5) is 0 Å². The summed E-state index contributed by atoms with van der Waals surface area (Å²) in [6, 6.07) is 0. The van der Waals surface area contributed by atoms with Crippen molar-refractivity contribution in [2.45, 2.75) is 32.3 Å². The minimum Gasteiger partial charge on any atom is -0.388 e. The van der Waals surface area contributed by atoms with Crippen molar-refractivity contribution in [3.8, 4) is 0 Å². The van der Waals surface area contributed by atoms with E-state index in [1.165, 1.54) is 0 Å². The van der Waals surface area contributed by atoms with Crippen LogP contribution in [0.15, 0.2) is 0 Å². The fourth-order valence-corrected chi connectivity index (χ4v) is 0.664. The van der Waals surface area contributed by atoms with Crippen LogP contribution in [0.25, 0.3) is 0 Å². The fraction of sp³-hybridized carbons (Fsp3) is 0.857. The first-order chi connectivity index (χ1) is 4.72. The predicted octanol–water partition coefficient (Wildman–Crippen LogP) is 0.0989. The lowest BCUT2D eigenvalue weighted by Gasteiger charge is -2.04. The zero-order valence-electron chi connectivity index (χ0n) is 6.21. The van der Waals surface area contributed by atoms with Crippen LogP contribution in [0.2, 0.25) is 0 Å². The van der Waals surface area contributed by atoms with Gasteiger partial charge in [0, 0.05) is 0 Å². The van der Waals surface area contributed by atoms with Gasteiger partial charge in [0.05, 0.1) is 0 Å². The maximum atomic E-state index is 10.5. The molecule has 2 N–H and O–H groups in total. The van der Waals surface area contributed by atoms with E-state index in [-0.39, 0.29) is 0 Å². The zero-order valence-corrected chi connectivity index (χ0v) is 6.21. The minimum atomic E-state index is -0.954. The molecular weight excluding hydrogens is 132 g/mol. The summed E-state index contributed by atoms with van der Waals surface area (Å²) >= 11 is 0. The molecule has 60 valence electrons. The molecule has 1 atom stereocenters. The van der Waals surface area contributed by atoms with Crippen LogP contribution in [0.5, 0.6) is 0 Å². The Labute approximate surface area is 60.7 Å². The Bertz CT molecular complexity index is 101. The lowest BCUT2D eigenvalue weighted by molar-refractivity contribution is -0.130. The van der Waals surface area contributed by atoms with Gasteiger partial charge >= 0.3 is 0 Å². The molecule has 0 aromatic rings. The number of hydrogen-bond acceptors (Lipinski definition) is 3. The molecule has 0 heterocycles. The van der Waals surface area contributed by atoms with Gasteiger partial charge in [-0.05, 0) is 6.42 Å². The van der Waals surface area contributed by atoms with Gasteiger partial charge < -0.3 is 10.2 Å². The highest BCUT2D eigenvalue weighted by Crippen LogP contribution is 2.00. The monoisotopic (exact) mass is 146 g/mol. The number of carbonyl (C=O) groups excluding carboxylic acids is 1. The largest absolute Gasteiger partial charge is 0.388 e. The van der Waals surface area contributed by atoms with E-state index in [1.54, 1.807) is 0 Å². The minimum absolute atomic E-state index is 0.468. The van der Waals surface area contributed by atoms with E-state index >= 15 is 0 Å². The van der Waals surface area contributed by atoms with E-state index in [9.17, 15) is 4.79 Å².